The lowest BCUT2D eigenvalue weighted by atomic mass is 10.1. The van der Waals surface area contributed by atoms with Gasteiger partial charge in [-0.1, -0.05) is 0 Å². The van der Waals surface area contributed by atoms with Crippen LogP contribution in [0, 0.1) is 5.92 Å². The predicted molar refractivity (Wildman–Crippen MR) is 84.0 cm³/mol. The highest BCUT2D eigenvalue weighted by Gasteiger charge is 2.24. The average Bonchev–Trinajstić information content (AvgIpc) is 2.95. The molecule has 3 nitrogen and oxygen atoms in total. The van der Waals surface area contributed by atoms with E-state index in [1.807, 2.05) is 18.3 Å². The van der Waals surface area contributed by atoms with Gasteiger partial charge in [0.05, 0.1) is 7.11 Å². The van der Waals surface area contributed by atoms with E-state index in [1.165, 1.54) is 17.2 Å². The monoisotopic (exact) mass is 290 g/mol. The second-order valence-corrected chi connectivity index (χ2v) is 5.68. The third-order valence-corrected chi connectivity index (χ3v) is 4.27. The van der Waals surface area contributed by atoms with Gasteiger partial charge < -0.3 is 9.64 Å². The Morgan fingerprint density at radius 3 is 3.10 bits per heavy atom. The van der Waals surface area contributed by atoms with Gasteiger partial charge in [-0.25, -0.2) is 4.98 Å². The first kappa shape index (κ1) is 13.5. The maximum atomic E-state index is 5.86. The van der Waals surface area contributed by atoms with Crippen LogP contribution in [0.5, 0.6) is 5.75 Å². The minimum absolute atomic E-state index is 0.697. The molecule has 0 saturated carbocycles. The molecule has 0 radical (unpaired) electrons. The zero-order valence-corrected chi connectivity index (χ0v) is 12.4. The van der Waals surface area contributed by atoms with Crippen molar-refractivity contribution in [1.82, 2.24) is 4.98 Å². The second-order valence-electron chi connectivity index (χ2n) is 5.30. The number of nitrogens with zero attached hydrogens (tertiary/aromatic N) is 2. The molecule has 1 aromatic heterocycles. The molecule has 1 atom stereocenters. The summed E-state index contributed by atoms with van der Waals surface area (Å²) >= 11 is 5.86. The number of benzene rings is 1. The van der Waals surface area contributed by atoms with Crippen molar-refractivity contribution in [2.24, 2.45) is 5.92 Å². The van der Waals surface area contributed by atoms with Gasteiger partial charge in [-0.15, -0.1) is 11.6 Å². The van der Waals surface area contributed by atoms with Gasteiger partial charge in [-0.2, -0.15) is 0 Å². The highest BCUT2D eigenvalue weighted by atomic mass is 35.5. The number of alkyl halides is 1. The van der Waals surface area contributed by atoms with Crippen LogP contribution >= 0.6 is 11.6 Å². The van der Waals surface area contributed by atoms with Crippen molar-refractivity contribution in [3.05, 3.63) is 30.5 Å². The highest BCUT2D eigenvalue weighted by molar-refractivity contribution is 6.17. The Hall–Kier alpha value is -1.48. The minimum atomic E-state index is 0.697. The third kappa shape index (κ3) is 2.55. The van der Waals surface area contributed by atoms with Crippen LogP contribution in [0.2, 0.25) is 0 Å². The molecule has 1 aliphatic heterocycles. The molecule has 0 spiro atoms. The summed E-state index contributed by atoms with van der Waals surface area (Å²) in [5.74, 6) is 3.42. The van der Waals surface area contributed by atoms with Gasteiger partial charge in [0.15, 0.2) is 0 Å². The number of fused-ring (bicyclic) bond motifs is 1. The van der Waals surface area contributed by atoms with Crippen molar-refractivity contribution in [3.63, 3.8) is 0 Å². The van der Waals surface area contributed by atoms with Crippen molar-refractivity contribution in [1.29, 1.82) is 0 Å². The molecule has 106 valence electrons. The molecular formula is C16H19ClN2O. The maximum Gasteiger partial charge on any atom is 0.136 e. The first-order chi connectivity index (χ1) is 9.81. The summed E-state index contributed by atoms with van der Waals surface area (Å²) in [5.41, 5.74) is 0. The predicted octanol–water partition coefficient (Wildman–Crippen LogP) is 3.70. The van der Waals surface area contributed by atoms with Crippen LogP contribution in [0.25, 0.3) is 10.8 Å². The fourth-order valence-electron chi connectivity index (χ4n) is 2.93. The van der Waals surface area contributed by atoms with E-state index in [2.05, 4.69) is 22.0 Å². The standard InChI is InChI=1S/C16H19ClN2O/c1-20-14-2-3-15-13(10-14)5-8-18-16(15)19-9-6-12(11-19)4-7-17/h2-3,5,8,10,12H,4,6-7,9,11H2,1H3. The molecule has 1 aromatic carbocycles. The smallest absolute Gasteiger partial charge is 0.136 e. The largest absolute Gasteiger partial charge is 0.497 e. The van der Waals surface area contributed by atoms with E-state index in [0.29, 0.717) is 5.92 Å². The molecule has 2 aromatic rings. The fraction of sp³-hybridized carbons (Fsp3) is 0.438. The van der Waals surface area contributed by atoms with Crippen molar-refractivity contribution in [2.75, 3.05) is 31.0 Å². The summed E-state index contributed by atoms with van der Waals surface area (Å²) < 4.78 is 5.29. The van der Waals surface area contributed by atoms with Crippen molar-refractivity contribution >= 4 is 28.2 Å². The van der Waals surface area contributed by atoms with E-state index in [9.17, 15) is 0 Å². The number of methoxy groups -OCH3 is 1. The first-order valence-corrected chi connectivity index (χ1v) is 7.59. The summed E-state index contributed by atoms with van der Waals surface area (Å²) in [5, 5.41) is 2.37. The lowest BCUT2D eigenvalue weighted by molar-refractivity contribution is 0.415. The van der Waals surface area contributed by atoms with E-state index < -0.39 is 0 Å². The molecule has 0 aliphatic carbocycles. The number of pyridine rings is 1. The summed E-state index contributed by atoms with van der Waals surface area (Å²) in [6.45, 7) is 2.13. The van der Waals surface area contributed by atoms with E-state index in [0.717, 1.165) is 37.0 Å². The average molecular weight is 291 g/mol. The zero-order chi connectivity index (χ0) is 13.9. The van der Waals surface area contributed by atoms with E-state index in [4.69, 9.17) is 16.3 Å². The third-order valence-electron chi connectivity index (χ3n) is 4.05. The Morgan fingerprint density at radius 2 is 2.30 bits per heavy atom. The Morgan fingerprint density at radius 1 is 1.40 bits per heavy atom. The van der Waals surface area contributed by atoms with Crippen LogP contribution in [0.3, 0.4) is 0 Å². The lowest BCUT2D eigenvalue weighted by Gasteiger charge is -2.19. The Kier molecular flexibility index (Phi) is 3.97. The molecule has 2 heterocycles. The van der Waals surface area contributed by atoms with Crippen molar-refractivity contribution < 1.29 is 4.74 Å². The minimum Gasteiger partial charge on any atom is -0.497 e. The quantitative estimate of drug-likeness (QED) is 0.803. The number of ether oxygens (including phenoxy) is 1. The second kappa shape index (κ2) is 5.88. The van der Waals surface area contributed by atoms with Crippen LogP contribution in [0.4, 0.5) is 5.82 Å². The topological polar surface area (TPSA) is 25.4 Å². The molecule has 1 unspecified atom stereocenters. The van der Waals surface area contributed by atoms with Crippen LogP contribution in [-0.4, -0.2) is 31.1 Å². The molecule has 1 aliphatic rings. The summed E-state index contributed by atoms with van der Waals surface area (Å²) in [4.78, 5) is 6.97. The first-order valence-electron chi connectivity index (χ1n) is 7.05. The molecule has 3 rings (SSSR count). The van der Waals surface area contributed by atoms with Crippen LogP contribution < -0.4 is 9.64 Å². The van der Waals surface area contributed by atoms with E-state index in [1.54, 1.807) is 7.11 Å². The number of hydrogen-bond donors (Lipinski definition) is 0. The van der Waals surface area contributed by atoms with Gasteiger partial charge >= 0.3 is 0 Å². The number of anilines is 1. The van der Waals surface area contributed by atoms with Crippen LogP contribution in [0.1, 0.15) is 12.8 Å². The molecule has 20 heavy (non-hydrogen) atoms. The number of rotatable bonds is 4. The molecule has 1 fully saturated rings. The van der Waals surface area contributed by atoms with Crippen LogP contribution in [-0.2, 0) is 0 Å². The molecule has 0 bridgehead atoms. The molecule has 1 saturated heterocycles. The Balaban J connectivity index is 1.92. The number of aromatic nitrogens is 1. The molecule has 0 amide bonds. The van der Waals surface area contributed by atoms with Gasteiger partial charge in [-0.05, 0) is 48.4 Å². The summed E-state index contributed by atoms with van der Waals surface area (Å²) in [6.07, 6.45) is 4.18. The fourth-order valence-corrected chi connectivity index (χ4v) is 3.24. The summed E-state index contributed by atoms with van der Waals surface area (Å²) in [6, 6.07) is 8.20. The van der Waals surface area contributed by atoms with Gasteiger partial charge in [0.25, 0.3) is 0 Å². The van der Waals surface area contributed by atoms with E-state index >= 15 is 0 Å². The number of halogens is 1. The zero-order valence-electron chi connectivity index (χ0n) is 11.7. The van der Waals surface area contributed by atoms with Crippen LogP contribution in [0.15, 0.2) is 30.5 Å². The lowest BCUT2D eigenvalue weighted by Crippen LogP contribution is -2.21. The van der Waals surface area contributed by atoms with E-state index in [-0.39, 0.29) is 0 Å². The molecule has 4 heteroatoms. The highest BCUT2D eigenvalue weighted by Crippen LogP contribution is 2.31. The molecular weight excluding hydrogens is 272 g/mol. The maximum absolute atomic E-state index is 5.86. The van der Waals surface area contributed by atoms with Crippen molar-refractivity contribution in [3.8, 4) is 5.75 Å². The van der Waals surface area contributed by atoms with Gasteiger partial charge in [-0.3, -0.25) is 0 Å². The Labute approximate surface area is 124 Å². The van der Waals surface area contributed by atoms with Gasteiger partial charge in [0, 0.05) is 30.6 Å². The Bertz CT molecular complexity index is 602. The number of hydrogen-bond acceptors (Lipinski definition) is 3. The normalized spacial score (nSPS) is 18.7. The van der Waals surface area contributed by atoms with Gasteiger partial charge in [0.2, 0.25) is 0 Å². The SMILES string of the molecule is COc1ccc2c(N3CCC(CCCl)C3)nccc2c1. The van der Waals surface area contributed by atoms with Crippen molar-refractivity contribution in [2.45, 2.75) is 12.8 Å². The summed E-state index contributed by atoms with van der Waals surface area (Å²) in [7, 11) is 1.69. The molecule has 0 N–H and O–H groups in total. The van der Waals surface area contributed by atoms with Gasteiger partial charge in [0.1, 0.15) is 11.6 Å².